The molecule has 0 radical (unpaired) electrons. The minimum Gasteiger partial charge on any atom is -0.497 e. The van der Waals surface area contributed by atoms with Crippen molar-refractivity contribution in [2.45, 2.75) is 64.7 Å². The van der Waals surface area contributed by atoms with Gasteiger partial charge in [-0.25, -0.2) is 0 Å². The molecular formula is C102H87N3O2. The second-order valence-corrected chi connectivity index (χ2v) is 29.4. The number of hydrogen-bond donors (Lipinski definition) is 0. The predicted molar refractivity (Wildman–Crippen MR) is 449 cm³/mol. The Morgan fingerprint density at radius 2 is 0.467 bits per heavy atom. The summed E-state index contributed by atoms with van der Waals surface area (Å²) in [6.07, 6.45) is 0. The molecule has 522 valence electrons. The zero-order valence-corrected chi connectivity index (χ0v) is 62.3. The summed E-state index contributed by atoms with van der Waals surface area (Å²) in [6, 6.07) is 132. The maximum Gasteiger partial charge on any atom is 0.119 e. The molecule has 3 aliphatic rings. The number of rotatable bonds is 14. The van der Waals surface area contributed by atoms with Gasteiger partial charge < -0.3 is 24.2 Å². The van der Waals surface area contributed by atoms with Crippen LogP contribution in [0.3, 0.4) is 0 Å². The largest absolute Gasteiger partial charge is 0.497 e. The molecule has 0 aliphatic heterocycles. The lowest BCUT2D eigenvalue weighted by atomic mass is 9.67. The molecule has 0 N–H and O–H groups in total. The van der Waals surface area contributed by atoms with Gasteiger partial charge in [0.2, 0.25) is 0 Å². The zero-order valence-electron chi connectivity index (χ0n) is 62.3. The smallest absolute Gasteiger partial charge is 0.119 e. The van der Waals surface area contributed by atoms with Crippen molar-refractivity contribution in [2.24, 2.45) is 0 Å². The van der Waals surface area contributed by atoms with Gasteiger partial charge in [0, 0.05) is 62.0 Å². The van der Waals surface area contributed by atoms with Crippen LogP contribution < -0.4 is 24.2 Å². The fourth-order valence-electron chi connectivity index (χ4n) is 16.6. The van der Waals surface area contributed by atoms with Crippen LogP contribution in [0.1, 0.15) is 88.9 Å². The Morgan fingerprint density at radius 3 is 0.822 bits per heavy atom. The summed E-state index contributed by atoms with van der Waals surface area (Å²) in [7, 11) is 3.38. The van der Waals surface area contributed by atoms with E-state index in [1.54, 1.807) is 14.2 Å². The van der Waals surface area contributed by atoms with Crippen LogP contribution in [0.4, 0.5) is 51.2 Å². The maximum atomic E-state index is 5.38. The van der Waals surface area contributed by atoms with Crippen LogP contribution in [0, 0.1) is 20.8 Å². The molecule has 18 rings (SSSR count). The average molecular weight is 1390 g/mol. The number of fused-ring (bicyclic) bond motifs is 9. The number of hydrogen-bond acceptors (Lipinski definition) is 5. The van der Waals surface area contributed by atoms with Crippen LogP contribution in [0.5, 0.6) is 11.5 Å². The second-order valence-electron chi connectivity index (χ2n) is 29.4. The monoisotopic (exact) mass is 1390 g/mol. The van der Waals surface area contributed by atoms with E-state index in [-0.39, 0.29) is 10.8 Å². The van der Waals surface area contributed by atoms with Gasteiger partial charge in [-0.1, -0.05) is 275 Å². The molecular weight excluding hydrogens is 1300 g/mol. The van der Waals surface area contributed by atoms with E-state index in [0.717, 1.165) is 57.0 Å². The Hall–Kier alpha value is -12.7. The minimum atomic E-state index is -0.420. The molecule has 15 aromatic carbocycles. The highest BCUT2D eigenvalue weighted by molar-refractivity contribution is 5.91. The number of benzene rings is 15. The number of aryl methyl sites for hydroxylation is 3. The summed E-state index contributed by atoms with van der Waals surface area (Å²) >= 11 is 0. The van der Waals surface area contributed by atoms with E-state index in [1.807, 2.05) is 24.3 Å². The van der Waals surface area contributed by atoms with Crippen molar-refractivity contribution in [3.63, 3.8) is 0 Å². The zero-order chi connectivity index (χ0) is 73.4. The summed E-state index contributed by atoms with van der Waals surface area (Å²) in [5, 5.41) is 0. The Kier molecular flexibility index (Phi) is 18.5. The number of nitrogens with zero attached hydrogens (tertiary/aromatic N) is 3. The molecule has 5 heteroatoms. The van der Waals surface area contributed by atoms with E-state index < -0.39 is 5.41 Å². The first kappa shape index (κ1) is 68.7. The number of methoxy groups -OCH3 is 2. The molecule has 0 saturated heterocycles. The number of anilines is 9. The van der Waals surface area contributed by atoms with Crippen LogP contribution in [0.2, 0.25) is 0 Å². The Balaban J connectivity index is 0.000000124. The lowest BCUT2D eigenvalue weighted by Crippen LogP contribution is -2.28. The fourth-order valence-corrected chi connectivity index (χ4v) is 16.6. The van der Waals surface area contributed by atoms with E-state index in [4.69, 9.17) is 9.47 Å². The normalized spacial score (nSPS) is 13.1. The molecule has 0 aromatic heterocycles. The van der Waals surface area contributed by atoms with Crippen LogP contribution in [0.15, 0.2) is 364 Å². The van der Waals surface area contributed by atoms with Crippen LogP contribution in [0.25, 0.3) is 44.5 Å². The Labute approximate surface area is 631 Å². The van der Waals surface area contributed by atoms with Gasteiger partial charge in [0.1, 0.15) is 11.5 Å². The lowest BCUT2D eigenvalue weighted by Gasteiger charge is -2.35. The molecule has 0 saturated carbocycles. The van der Waals surface area contributed by atoms with Gasteiger partial charge >= 0.3 is 0 Å². The molecule has 0 unspecified atom stereocenters. The van der Waals surface area contributed by atoms with Gasteiger partial charge in [0.05, 0.1) is 19.6 Å². The number of ether oxygens (including phenoxy) is 2. The van der Waals surface area contributed by atoms with Gasteiger partial charge in [0.25, 0.3) is 0 Å². The molecule has 107 heavy (non-hydrogen) atoms. The first-order valence-electron chi connectivity index (χ1n) is 37.1. The quantitative estimate of drug-likeness (QED) is 0.108. The molecule has 0 heterocycles. The van der Waals surface area contributed by atoms with Crippen molar-refractivity contribution in [3.05, 3.63) is 425 Å². The first-order chi connectivity index (χ1) is 52.2. The van der Waals surface area contributed by atoms with E-state index in [9.17, 15) is 0 Å². The van der Waals surface area contributed by atoms with E-state index >= 15 is 0 Å². The van der Waals surface area contributed by atoms with E-state index in [0.29, 0.717) is 0 Å². The summed E-state index contributed by atoms with van der Waals surface area (Å²) in [5.41, 5.74) is 34.6. The second kappa shape index (κ2) is 28.7. The highest BCUT2D eigenvalue weighted by atomic mass is 16.5. The van der Waals surface area contributed by atoms with Crippen molar-refractivity contribution in [1.82, 2.24) is 0 Å². The van der Waals surface area contributed by atoms with Gasteiger partial charge in [-0.2, -0.15) is 0 Å². The third-order valence-corrected chi connectivity index (χ3v) is 22.1. The van der Waals surface area contributed by atoms with Crippen LogP contribution in [-0.2, 0) is 16.2 Å². The van der Waals surface area contributed by atoms with Crippen LogP contribution in [-0.4, -0.2) is 14.2 Å². The molecule has 0 spiro atoms. The standard InChI is InChI=1S/C39H31N.C34H29N.C29H27NO2/c1-28-17-21-32(22-18-28)40(33-23-19-29(2)20-24-33)34-25-26-36-35-15-9-10-16-37(35)39(38(36)27-34,30-11-5-3-6-12-30)31-13-7-4-8-14-31;1-24-13-17-27(18-14-24)35(28-19-15-26(16-20-28)25-9-5-4-6-10-25)29-21-22-31-30-11-7-8-12-32(30)34(2,3)33(31)23-29;1-29(2)27-8-6-5-7-25(27)26-18-13-22(19-28(26)29)30(20-9-14-23(31-3)15-10-20)21-11-16-24(32-4)17-12-21/h3-27H,1-2H3;4-23H,1-3H3;5-19H,1-4H3. The van der Waals surface area contributed by atoms with Crippen molar-refractivity contribution < 1.29 is 9.47 Å². The maximum absolute atomic E-state index is 5.38. The molecule has 0 atom stereocenters. The molecule has 0 bridgehead atoms. The molecule has 3 aliphatic carbocycles. The van der Waals surface area contributed by atoms with Crippen molar-refractivity contribution >= 4 is 51.2 Å². The van der Waals surface area contributed by atoms with Crippen molar-refractivity contribution in [1.29, 1.82) is 0 Å². The summed E-state index contributed by atoms with van der Waals surface area (Å²) in [6.45, 7) is 15.7. The SMILES string of the molecule is COc1ccc(N(c2ccc(OC)cc2)c2ccc3c(c2)C(C)(C)c2ccccc2-3)cc1.Cc1ccc(N(c2ccc(-c3ccccc3)cc2)c2ccc3c(c2)C(C)(C)c2ccccc2-3)cc1.Cc1ccc(N(c2ccc(C)cc2)c2ccc3c(c2)C(c2ccccc2)(c2ccccc2)c2ccccc2-3)cc1. The van der Waals surface area contributed by atoms with Crippen LogP contribution >= 0.6 is 0 Å². The Morgan fingerprint density at radius 1 is 0.215 bits per heavy atom. The van der Waals surface area contributed by atoms with Gasteiger partial charge in [-0.15, -0.1) is 0 Å². The van der Waals surface area contributed by atoms with Gasteiger partial charge in [0.15, 0.2) is 0 Å². The third kappa shape index (κ3) is 12.7. The van der Waals surface area contributed by atoms with Gasteiger partial charge in [-0.05, 0) is 243 Å². The first-order valence-corrected chi connectivity index (χ1v) is 37.1. The van der Waals surface area contributed by atoms with E-state index in [2.05, 4.69) is 403 Å². The molecule has 15 aromatic rings. The molecule has 0 fully saturated rings. The highest BCUT2D eigenvalue weighted by Gasteiger charge is 2.46. The summed E-state index contributed by atoms with van der Waals surface area (Å²) in [5.74, 6) is 1.68. The third-order valence-electron chi connectivity index (χ3n) is 22.1. The predicted octanol–water partition coefficient (Wildman–Crippen LogP) is 27.1. The summed E-state index contributed by atoms with van der Waals surface area (Å²) < 4.78 is 10.8. The molecule has 0 amide bonds. The molecule has 5 nitrogen and oxygen atoms in total. The minimum absolute atomic E-state index is 0.0297. The van der Waals surface area contributed by atoms with Crippen molar-refractivity contribution in [3.8, 4) is 56.0 Å². The Bertz CT molecular complexity index is 5520. The average Bonchev–Trinajstić information content (AvgIpc) is 1.56. The topological polar surface area (TPSA) is 28.2 Å². The fraction of sp³-hybridized carbons (Fsp3) is 0.118. The van der Waals surface area contributed by atoms with Gasteiger partial charge in [-0.3, -0.25) is 0 Å². The van der Waals surface area contributed by atoms with E-state index in [1.165, 1.54) is 111 Å². The lowest BCUT2D eigenvalue weighted by molar-refractivity contribution is 0.415. The summed E-state index contributed by atoms with van der Waals surface area (Å²) in [4.78, 5) is 7.02. The highest BCUT2D eigenvalue weighted by Crippen LogP contribution is 2.58. The van der Waals surface area contributed by atoms with Crippen molar-refractivity contribution in [2.75, 3.05) is 28.9 Å².